The molecule has 0 spiro atoms. The Morgan fingerprint density at radius 1 is 1.18 bits per heavy atom. The van der Waals surface area contributed by atoms with E-state index in [4.69, 9.17) is 5.73 Å². The van der Waals surface area contributed by atoms with Crippen molar-refractivity contribution in [3.05, 3.63) is 29.6 Å². The number of nitrogens with two attached hydrogens (primary N) is 1. The third-order valence-corrected chi connectivity index (χ3v) is 5.23. The third-order valence-electron chi connectivity index (χ3n) is 3.65. The van der Waals surface area contributed by atoms with Crippen LogP contribution in [0.1, 0.15) is 32.3 Å². The topological polar surface area (TPSA) is 72.2 Å². The maximum absolute atomic E-state index is 13.5. The average Bonchev–Trinajstić information content (AvgIpc) is 2.43. The molecule has 0 aliphatic rings. The second-order valence-corrected chi connectivity index (χ2v) is 6.62. The first-order valence-electron chi connectivity index (χ1n) is 6.62. The molecule has 0 aliphatic carbocycles. The fourth-order valence-electron chi connectivity index (χ4n) is 1.96. The van der Waals surface area contributed by atoms with Gasteiger partial charge >= 0.3 is 6.18 Å². The van der Waals surface area contributed by atoms with E-state index in [9.17, 15) is 26.0 Å². The highest BCUT2D eigenvalue weighted by Gasteiger charge is 2.36. The lowest BCUT2D eigenvalue weighted by atomic mass is 9.95. The number of halogens is 4. The van der Waals surface area contributed by atoms with Crippen molar-refractivity contribution in [2.75, 3.05) is 6.54 Å². The van der Waals surface area contributed by atoms with Gasteiger partial charge in [-0.3, -0.25) is 0 Å². The van der Waals surface area contributed by atoms with Crippen LogP contribution >= 0.6 is 0 Å². The maximum atomic E-state index is 13.5. The molecule has 0 radical (unpaired) electrons. The highest BCUT2D eigenvalue weighted by molar-refractivity contribution is 7.89. The fraction of sp³-hybridized carbons (Fsp3) is 0.538. The van der Waals surface area contributed by atoms with Gasteiger partial charge in [-0.25, -0.2) is 17.5 Å². The molecule has 0 heterocycles. The molecule has 22 heavy (non-hydrogen) atoms. The van der Waals surface area contributed by atoms with Gasteiger partial charge in [0.15, 0.2) is 0 Å². The molecule has 1 aromatic carbocycles. The van der Waals surface area contributed by atoms with Crippen LogP contribution in [-0.4, -0.2) is 20.5 Å². The van der Waals surface area contributed by atoms with Crippen molar-refractivity contribution in [1.29, 1.82) is 0 Å². The van der Waals surface area contributed by atoms with Gasteiger partial charge in [-0.15, -0.1) is 0 Å². The molecule has 1 aromatic rings. The molecule has 0 saturated carbocycles. The molecule has 0 fully saturated rings. The molecule has 0 atom stereocenters. The Kier molecular flexibility index (Phi) is 5.58. The zero-order valence-corrected chi connectivity index (χ0v) is 13.0. The van der Waals surface area contributed by atoms with Crippen molar-refractivity contribution in [1.82, 2.24) is 4.72 Å². The van der Waals surface area contributed by atoms with E-state index in [-0.39, 0.29) is 6.54 Å². The van der Waals surface area contributed by atoms with Gasteiger partial charge in [0.1, 0.15) is 5.82 Å². The Hall–Kier alpha value is -1.19. The first-order valence-corrected chi connectivity index (χ1v) is 8.10. The van der Waals surface area contributed by atoms with Crippen LogP contribution in [0.25, 0.3) is 0 Å². The predicted molar refractivity (Wildman–Crippen MR) is 74.1 cm³/mol. The minimum absolute atomic E-state index is 0.0162. The van der Waals surface area contributed by atoms with Crippen LogP contribution < -0.4 is 10.5 Å². The van der Waals surface area contributed by atoms with Gasteiger partial charge in [-0.1, -0.05) is 13.8 Å². The second-order valence-electron chi connectivity index (χ2n) is 4.94. The van der Waals surface area contributed by atoms with Gasteiger partial charge in [0, 0.05) is 12.1 Å². The molecule has 1 rings (SSSR count). The highest BCUT2D eigenvalue weighted by atomic mass is 32.2. The number of alkyl halides is 3. The van der Waals surface area contributed by atoms with E-state index < -0.39 is 38.0 Å². The van der Waals surface area contributed by atoms with Crippen molar-refractivity contribution in [3.8, 4) is 0 Å². The van der Waals surface area contributed by atoms with Gasteiger partial charge in [0.05, 0.1) is 10.5 Å². The van der Waals surface area contributed by atoms with Gasteiger partial charge in [0.2, 0.25) is 10.0 Å². The van der Waals surface area contributed by atoms with E-state index in [0.29, 0.717) is 25.0 Å². The van der Waals surface area contributed by atoms with Crippen molar-refractivity contribution in [2.45, 2.75) is 43.3 Å². The maximum Gasteiger partial charge on any atom is 0.419 e. The summed E-state index contributed by atoms with van der Waals surface area (Å²) in [5, 5.41) is 0. The summed E-state index contributed by atoms with van der Waals surface area (Å²) >= 11 is 0. The van der Waals surface area contributed by atoms with Crippen LogP contribution in [0.4, 0.5) is 17.6 Å². The van der Waals surface area contributed by atoms with E-state index >= 15 is 0 Å². The summed E-state index contributed by atoms with van der Waals surface area (Å²) in [7, 11) is -4.18. The monoisotopic (exact) mass is 342 g/mol. The first-order chi connectivity index (χ1) is 10.0. The molecule has 0 unspecified atom stereocenters. The molecule has 4 nitrogen and oxygen atoms in total. The summed E-state index contributed by atoms with van der Waals surface area (Å²) in [6.45, 7) is 3.47. The summed E-state index contributed by atoms with van der Waals surface area (Å²) < 4.78 is 77.8. The largest absolute Gasteiger partial charge is 0.419 e. The van der Waals surface area contributed by atoms with Crippen LogP contribution in [0.3, 0.4) is 0 Å². The molecule has 0 amide bonds. The summed E-state index contributed by atoms with van der Waals surface area (Å²) in [4.78, 5) is -0.572. The standard InChI is InChI=1S/C13H18F4N2O2S/c1-3-12(4-2,8-18)19-22(20,21)9-5-6-10(11(14)7-9)13(15,16)17/h5-7,19H,3-4,8,18H2,1-2H3. The van der Waals surface area contributed by atoms with E-state index in [1.807, 2.05) is 0 Å². The smallest absolute Gasteiger partial charge is 0.329 e. The van der Waals surface area contributed by atoms with Crippen LogP contribution in [-0.2, 0) is 16.2 Å². The molecule has 126 valence electrons. The van der Waals surface area contributed by atoms with Crippen molar-refractivity contribution in [2.24, 2.45) is 5.73 Å². The predicted octanol–water partition coefficient (Wildman–Crippen LogP) is 2.64. The van der Waals surface area contributed by atoms with Crippen molar-refractivity contribution >= 4 is 10.0 Å². The minimum Gasteiger partial charge on any atom is -0.329 e. The van der Waals surface area contributed by atoms with Crippen LogP contribution in [0.15, 0.2) is 23.1 Å². The zero-order chi connectivity index (χ0) is 17.2. The van der Waals surface area contributed by atoms with Gasteiger partial charge in [-0.2, -0.15) is 13.2 Å². The zero-order valence-electron chi connectivity index (χ0n) is 12.2. The fourth-order valence-corrected chi connectivity index (χ4v) is 3.53. The van der Waals surface area contributed by atoms with Crippen LogP contribution in [0, 0.1) is 5.82 Å². The Morgan fingerprint density at radius 3 is 2.09 bits per heavy atom. The number of hydrogen-bond donors (Lipinski definition) is 2. The molecule has 3 N–H and O–H groups in total. The van der Waals surface area contributed by atoms with Gasteiger partial charge in [-0.05, 0) is 31.0 Å². The number of benzene rings is 1. The molecule has 9 heteroatoms. The van der Waals surface area contributed by atoms with E-state index in [0.717, 1.165) is 6.07 Å². The Balaban J connectivity index is 3.22. The lowest BCUT2D eigenvalue weighted by Gasteiger charge is -2.31. The summed E-state index contributed by atoms with van der Waals surface area (Å²) in [6, 6.07) is 1.49. The summed E-state index contributed by atoms with van der Waals surface area (Å²) in [6.07, 6.45) is -4.10. The van der Waals surface area contributed by atoms with Gasteiger partial charge < -0.3 is 5.73 Å². The Labute approximate surface area is 126 Å². The van der Waals surface area contributed by atoms with Crippen molar-refractivity contribution < 1.29 is 26.0 Å². The normalized spacial score (nSPS) is 13.4. The number of rotatable bonds is 6. The molecular weight excluding hydrogens is 324 g/mol. The SMILES string of the molecule is CCC(CC)(CN)NS(=O)(=O)c1ccc(C(F)(F)F)c(F)c1. The number of sulfonamides is 1. The summed E-state index contributed by atoms with van der Waals surface area (Å²) in [5.41, 5.74) is 3.15. The van der Waals surface area contributed by atoms with E-state index in [2.05, 4.69) is 4.72 Å². The lowest BCUT2D eigenvalue weighted by Crippen LogP contribution is -2.52. The third kappa shape index (κ3) is 3.96. The number of nitrogens with one attached hydrogen (secondary N) is 1. The Bertz CT molecular complexity index is 617. The molecule has 0 bridgehead atoms. The number of hydrogen-bond acceptors (Lipinski definition) is 3. The van der Waals surface area contributed by atoms with Crippen molar-refractivity contribution in [3.63, 3.8) is 0 Å². The van der Waals surface area contributed by atoms with Crippen LogP contribution in [0.2, 0.25) is 0 Å². The molecule has 0 aromatic heterocycles. The molecule has 0 saturated heterocycles. The van der Waals surface area contributed by atoms with E-state index in [1.54, 1.807) is 13.8 Å². The van der Waals surface area contributed by atoms with Gasteiger partial charge in [0.25, 0.3) is 0 Å². The molecular formula is C13H18F4N2O2S. The lowest BCUT2D eigenvalue weighted by molar-refractivity contribution is -0.140. The first kappa shape index (κ1) is 18.9. The minimum atomic E-state index is -4.88. The Morgan fingerprint density at radius 2 is 1.73 bits per heavy atom. The molecule has 0 aliphatic heterocycles. The van der Waals surface area contributed by atoms with Crippen LogP contribution in [0.5, 0.6) is 0 Å². The summed E-state index contributed by atoms with van der Waals surface area (Å²) in [5.74, 6) is -1.64. The average molecular weight is 342 g/mol. The van der Waals surface area contributed by atoms with E-state index in [1.165, 1.54) is 0 Å². The quantitative estimate of drug-likeness (QED) is 0.781. The second kappa shape index (κ2) is 6.51. The highest BCUT2D eigenvalue weighted by Crippen LogP contribution is 2.32.